The molecule has 2 aromatic heterocycles. The van der Waals surface area contributed by atoms with Crippen molar-refractivity contribution in [3.63, 3.8) is 0 Å². The van der Waals surface area contributed by atoms with Gasteiger partial charge in [-0.1, -0.05) is 6.07 Å². The van der Waals surface area contributed by atoms with Gasteiger partial charge < -0.3 is 5.73 Å². The lowest BCUT2D eigenvalue weighted by Crippen LogP contribution is -2.03. The van der Waals surface area contributed by atoms with E-state index in [2.05, 4.69) is 22.5 Å². The number of rotatable bonds is 2. The van der Waals surface area contributed by atoms with Crippen LogP contribution in [0.25, 0.3) is 0 Å². The predicted octanol–water partition coefficient (Wildman–Crippen LogP) is 2.68. The van der Waals surface area contributed by atoms with E-state index in [9.17, 15) is 0 Å². The Kier molecular flexibility index (Phi) is 2.50. The largest absolute Gasteiger partial charge is 0.326 e. The molecule has 1 unspecified atom stereocenters. The van der Waals surface area contributed by atoms with E-state index in [0.717, 1.165) is 6.42 Å². The highest BCUT2D eigenvalue weighted by molar-refractivity contribution is 7.10. The Morgan fingerprint density at radius 3 is 3.25 bits per heavy atom. The lowest BCUT2D eigenvalue weighted by atomic mass is 9.97. The smallest absolute Gasteiger partial charge is 0.0510 e. The average Bonchev–Trinajstić information content (AvgIpc) is 2.94. The van der Waals surface area contributed by atoms with Gasteiger partial charge in [0.2, 0.25) is 0 Å². The Bertz CT molecular complexity index is 504. The topological polar surface area (TPSA) is 38.9 Å². The molecule has 1 aliphatic carbocycles. The van der Waals surface area contributed by atoms with Crippen LogP contribution >= 0.6 is 11.3 Å². The molecule has 0 radical (unpaired) electrons. The fourth-order valence-corrected chi connectivity index (χ4v) is 3.36. The van der Waals surface area contributed by atoms with Gasteiger partial charge in [-0.15, -0.1) is 11.3 Å². The molecule has 0 aliphatic heterocycles. The summed E-state index contributed by atoms with van der Waals surface area (Å²) >= 11 is 1.76. The van der Waals surface area contributed by atoms with E-state index >= 15 is 0 Å². The monoisotopic (exact) mass is 230 g/mol. The van der Waals surface area contributed by atoms with E-state index in [-0.39, 0.29) is 0 Å². The Morgan fingerprint density at radius 1 is 1.44 bits per heavy atom. The Labute approximate surface area is 99.1 Å². The number of pyridine rings is 1. The van der Waals surface area contributed by atoms with Gasteiger partial charge >= 0.3 is 0 Å². The highest BCUT2D eigenvalue weighted by Crippen LogP contribution is 2.39. The van der Waals surface area contributed by atoms with Gasteiger partial charge in [0, 0.05) is 23.5 Å². The van der Waals surface area contributed by atoms with Gasteiger partial charge in [0.15, 0.2) is 0 Å². The van der Waals surface area contributed by atoms with Crippen molar-refractivity contribution in [2.24, 2.45) is 5.73 Å². The second-order valence-corrected chi connectivity index (χ2v) is 5.14. The van der Waals surface area contributed by atoms with Gasteiger partial charge in [0.25, 0.3) is 0 Å². The number of aryl methyl sites for hydroxylation is 1. The molecular weight excluding hydrogens is 216 g/mol. The predicted molar refractivity (Wildman–Crippen MR) is 66.6 cm³/mol. The van der Waals surface area contributed by atoms with Crippen LogP contribution in [0.5, 0.6) is 0 Å². The number of fused-ring (bicyclic) bond motifs is 1. The van der Waals surface area contributed by atoms with Crippen LogP contribution in [0.2, 0.25) is 0 Å². The molecule has 2 heterocycles. The van der Waals surface area contributed by atoms with Crippen molar-refractivity contribution in [1.29, 1.82) is 0 Å². The van der Waals surface area contributed by atoms with Gasteiger partial charge in [-0.2, -0.15) is 0 Å². The Hall–Kier alpha value is -1.19. The molecule has 0 aromatic carbocycles. The van der Waals surface area contributed by atoms with Gasteiger partial charge in [0.1, 0.15) is 0 Å². The molecule has 2 nitrogen and oxygen atoms in total. The van der Waals surface area contributed by atoms with Crippen molar-refractivity contribution in [3.8, 4) is 0 Å². The molecule has 0 bridgehead atoms. The van der Waals surface area contributed by atoms with E-state index in [1.165, 1.54) is 28.1 Å². The molecule has 0 fully saturated rings. The minimum absolute atomic E-state index is 0.473. The maximum Gasteiger partial charge on any atom is 0.0510 e. The molecule has 16 heavy (non-hydrogen) atoms. The zero-order valence-electron chi connectivity index (χ0n) is 9.02. The van der Waals surface area contributed by atoms with Crippen LogP contribution in [0.3, 0.4) is 0 Å². The average molecular weight is 230 g/mol. The molecular formula is C13H14N2S. The summed E-state index contributed by atoms with van der Waals surface area (Å²) in [6.07, 6.45) is 4.22. The summed E-state index contributed by atoms with van der Waals surface area (Å²) in [5.41, 5.74) is 9.83. The molecule has 3 heteroatoms. The molecule has 0 amide bonds. The van der Waals surface area contributed by atoms with Gasteiger partial charge in [-0.3, -0.25) is 4.98 Å². The fourth-order valence-electron chi connectivity index (χ4n) is 2.54. The summed E-state index contributed by atoms with van der Waals surface area (Å²) in [5.74, 6) is 0.473. The molecule has 3 rings (SSSR count). The zero-order valence-corrected chi connectivity index (χ0v) is 9.83. The third kappa shape index (κ3) is 1.47. The Morgan fingerprint density at radius 2 is 2.38 bits per heavy atom. The standard InChI is InChI=1S/C13H14N2S/c14-8-12-10(5-7-16-12)11-4-3-9-2-1-6-15-13(9)11/h1-2,5-7,11H,3-4,8,14H2. The maximum atomic E-state index is 5.77. The quantitative estimate of drug-likeness (QED) is 0.861. The van der Waals surface area contributed by atoms with Crippen LogP contribution in [0.15, 0.2) is 29.8 Å². The van der Waals surface area contributed by atoms with E-state index in [0.29, 0.717) is 12.5 Å². The van der Waals surface area contributed by atoms with Crippen molar-refractivity contribution in [1.82, 2.24) is 4.98 Å². The first-order chi connectivity index (χ1) is 7.90. The lowest BCUT2D eigenvalue weighted by molar-refractivity contribution is 0.765. The number of aromatic nitrogens is 1. The minimum atomic E-state index is 0.473. The summed E-state index contributed by atoms with van der Waals surface area (Å²) in [4.78, 5) is 5.84. The third-order valence-corrected chi connectivity index (χ3v) is 4.26. The molecule has 0 saturated carbocycles. The lowest BCUT2D eigenvalue weighted by Gasteiger charge is -2.10. The van der Waals surface area contributed by atoms with Crippen LogP contribution in [0.4, 0.5) is 0 Å². The number of nitrogens with zero attached hydrogens (tertiary/aromatic N) is 1. The van der Waals surface area contributed by atoms with Crippen LogP contribution in [-0.2, 0) is 13.0 Å². The van der Waals surface area contributed by atoms with E-state index in [4.69, 9.17) is 5.73 Å². The Balaban J connectivity index is 2.04. The summed E-state index contributed by atoms with van der Waals surface area (Å²) in [6, 6.07) is 6.43. The summed E-state index contributed by atoms with van der Waals surface area (Å²) in [5, 5.41) is 2.14. The van der Waals surface area contributed by atoms with Crippen LogP contribution in [0, 0.1) is 0 Å². The number of hydrogen-bond acceptors (Lipinski definition) is 3. The first-order valence-electron chi connectivity index (χ1n) is 5.60. The third-order valence-electron chi connectivity index (χ3n) is 3.30. The number of thiophene rings is 1. The summed E-state index contributed by atoms with van der Waals surface area (Å²) < 4.78 is 0. The van der Waals surface area contributed by atoms with Gasteiger partial charge in [0.05, 0.1) is 5.69 Å². The van der Waals surface area contributed by atoms with Crippen LogP contribution in [0.1, 0.15) is 34.0 Å². The van der Waals surface area contributed by atoms with Crippen LogP contribution in [-0.4, -0.2) is 4.98 Å². The molecule has 1 atom stereocenters. The minimum Gasteiger partial charge on any atom is -0.326 e. The molecule has 1 aliphatic rings. The molecule has 2 N–H and O–H groups in total. The fraction of sp³-hybridized carbons (Fsp3) is 0.308. The summed E-state index contributed by atoms with van der Waals surface area (Å²) in [6.45, 7) is 0.645. The van der Waals surface area contributed by atoms with Crippen molar-refractivity contribution >= 4 is 11.3 Å². The first kappa shape index (κ1) is 10.00. The SMILES string of the molecule is NCc1sccc1C1CCc2cccnc21. The van der Waals surface area contributed by atoms with Crippen molar-refractivity contribution < 1.29 is 0 Å². The van der Waals surface area contributed by atoms with E-state index < -0.39 is 0 Å². The first-order valence-corrected chi connectivity index (χ1v) is 6.48. The second-order valence-electron chi connectivity index (χ2n) is 4.14. The van der Waals surface area contributed by atoms with Gasteiger partial charge in [-0.25, -0.2) is 0 Å². The molecule has 82 valence electrons. The molecule has 0 saturated heterocycles. The van der Waals surface area contributed by atoms with Crippen molar-refractivity contribution in [2.75, 3.05) is 0 Å². The maximum absolute atomic E-state index is 5.77. The van der Waals surface area contributed by atoms with E-state index in [1.54, 1.807) is 11.3 Å². The second kappa shape index (κ2) is 4.00. The molecule has 0 spiro atoms. The highest BCUT2D eigenvalue weighted by Gasteiger charge is 2.26. The van der Waals surface area contributed by atoms with Crippen LogP contribution < -0.4 is 5.73 Å². The van der Waals surface area contributed by atoms with Crippen molar-refractivity contribution in [3.05, 3.63) is 51.5 Å². The van der Waals surface area contributed by atoms with E-state index in [1.807, 2.05) is 12.3 Å². The summed E-state index contributed by atoms with van der Waals surface area (Å²) in [7, 11) is 0. The number of hydrogen-bond donors (Lipinski definition) is 1. The number of nitrogens with two attached hydrogens (primary N) is 1. The van der Waals surface area contributed by atoms with Gasteiger partial charge in [-0.05, 0) is 41.5 Å². The van der Waals surface area contributed by atoms with Crippen molar-refractivity contribution in [2.45, 2.75) is 25.3 Å². The molecule has 2 aromatic rings. The normalized spacial score (nSPS) is 18.7. The zero-order chi connectivity index (χ0) is 11.0. The highest BCUT2D eigenvalue weighted by atomic mass is 32.1.